The number of hydrogen-bond donors (Lipinski definition) is 0. The molecule has 0 saturated heterocycles. The van der Waals surface area contributed by atoms with E-state index in [1.807, 2.05) is 24.3 Å². The highest BCUT2D eigenvalue weighted by Crippen LogP contribution is 2.47. The number of hydrogen-bond acceptors (Lipinski definition) is 4. The Labute approximate surface area is 191 Å². The molecule has 4 atom stereocenters. The molecule has 1 saturated carbocycles. The maximum absolute atomic E-state index is 14.1. The first-order valence-electron chi connectivity index (χ1n) is 11.2. The van der Waals surface area contributed by atoms with Crippen LogP contribution in [-0.4, -0.2) is 42.5 Å². The molecule has 7 heteroatoms. The summed E-state index contributed by atoms with van der Waals surface area (Å²) < 4.78 is 39.0. The van der Waals surface area contributed by atoms with Gasteiger partial charge < -0.3 is 14.4 Å². The normalized spacial score (nSPS) is 26.7. The standard InChI is InChI=1S/C26H25F2NO4/c1-32-19-9-2-15(3-10-19)12-13-29-23(16-4-6-17(27)7-5-16)22-24(30)20-14-18(28)8-11-21(20)33-25(22)26(29)31/h2-7,9-10,18,20-21,23H,8,11-14H2,1H3. The minimum absolute atomic E-state index is 0.0719. The van der Waals surface area contributed by atoms with Gasteiger partial charge in [0.1, 0.15) is 23.8 Å². The molecule has 5 nitrogen and oxygen atoms in total. The molecule has 1 aliphatic carbocycles. The Kier molecular flexibility index (Phi) is 5.64. The third-order valence-electron chi connectivity index (χ3n) is 6.87. The van der Waals surface area contributed by atoms with Crippen LogP contribution < -0.4 is 4.74 Å². The van der Waals surface area contributed by atoms with E-state index in [0.717, 1.165) is 11.3 Å². The summed E-state index contributed by atoms with van der Waals surface area (Å²) in [6.07, 6.45) is -0.114. The zero-order chi connectivity index (χ0) is 23.1. The molecule has 0 aromatic heterocycles. The summed E-state index contributed by atoms with van der Waals surface area (Å²) in [6.45, 7) is 0.345. The van der Waals surface area contributed by atoms with Gasteiger partial charge in [-0.3, -0.25) is 9.59 Å². The van der Waals surface area contributed by atoms with Crippen LogP contribution in [0.15, 0.2) is 59.9 Å². The fraction of sp³-hybridized carbons (Fsp3) is 0.385. The van der Waals surface area contributed by atoms with Crippen molar-refractivity contribution < 1.29 is 27.8 Å². The lowest BCUT2D eigenvalue weighted by atomic mass is 9.77. The third-order valence-corrected chi connectivity index (χ3v) is 6.87. The van der Waals surface area contributed by atoms with E-state index in [-0.39, 0.29) is 29.4 Å². The molecule has 0 bridgehead atoms. The number of Topliss-reactive ketones (excluding diaryl/α,β-unsaturated/α-hetero) is 1. The van der Waals surface area contributed by atoms with Gasteiger partial charge in [-0.05, 0) is 61.1 Å². The predicted molar refractivity (Wildman–Crippen MR) is 117 cm³/mol. The summed E-state index contributed by atoms with van der Waals surface area (Å²) in [6, 6.07) is 12.7. The minimum Gasteiger partial charge on any atom is -0.497 e. The van der Waals surface area contributed by atoms with E-state index in [9.17, 15) is 18.4 Å². The largest absolute Gasteiger partial charge is 0.497 e. The molecular weight excluding hydrogens is 428 g/mol. The maximum Gasteiger partial charge on any atom is 0.290 e. The van der Waals surface area contributed by atoms with Gasteiger partial charge in [0.2, 0.25) is 0 Å². The Morgan fingerprint density at radius 1 is 1.06 bits per heavy atom. The van der Waals surface area contributed by atoms with Gasteiger partial charge in [-0.2, -0.15) is 0 Å². The summed E-state index contributed by atoms with van der Waals surface area (Å²) >= 11 is 0. The van der Waals surface area contributed by atoms with Crippen molar-refractivity contribution in [3.8, 4) is 5.75 Å². The first-order valence-corrected chi connectivity index (χ1v) is 11.2. The number of alkyl halides is 1. The number of ketones is 1. The monoisotopic (exact) mass is 453 g/mol. The van der Waals surface area contributed by atoms with Crippen LogP contribution in [0.3, 0.4) is 0 Å². The second-order valence-corrected chi connectivity index (χ2v) is 8.83. The van der Waals surface area contributed by atoms with Crippen molar-refractivity contribution in [1.82, 2.24) is 4.90 Å². The number of benzene rings is 2. The van der Waals surface area contributed by atoms with Crippen molar-refractivity contribution in [3.05, 3.63) is 76.8 Å². The van der Waals surface area contributed by atoms with Gasteiger partial charge in [0.15, 0.2) is 11.5 Å². The molecule has 5 rings (SSSR count). The first-order chi connectivity index (χ1) is 16.0. The molecular formula is C26H25F2NO4. The molecule has 2 aliphatic heterocycles. The highest BCUT2D eigenvalue weighted by atomic mass is 19.1. The minimum atomic E-state index is -1.05. The van der Waals surface area contributed by atoms with Crippen LogP contribution in [0, 0.1) is 11.7 Å². The topological polar surface area (TPSA) is 55.8 Å². The molecule has 3 aliphatic rings. The lowest BCUT2D eigenvalue weighted by molar-refractivity contribution is -0.136. The third kappa shape index (κ3) is 3.90. The Morgan fingerprint density at radius 3 is 2.48 bits per heavy atom. The molecule has 0 radical (unpaired) electrons. The molecule has 1 fully saturated rings. The molecule has 2 heterocycles. The lowest BCUT2D eigenvalue weighted by Gasteiger charge is -2.36. The highest BCUT2D eigenvalue weighted by Gasteiger charge is 2.52. The Morgan fingerprint density at radius 2 is 1.79 bits per heavy atom. The molecule has 172 valence electrons. The van der Waals surface area contributed by atoms with Crippen molar-refractivity contribution in [2.45, 2.75) is 44.0 Å². The van der Waals surface area contributed by atoms with Gasteiger partial charge in [0.25, 0.3) is 5.91 Å². The second kappa shape index (κ2) is 8.61. The zero-order valence-electron chi connectivity index (χ0n) is 18.3. The average Bonchev–Trinajstić information content (AvgIpc) is 3.11. The average molecular weight is 453 g/mol. The van der Waals surface area contributed by atoms with E-state index < -0.39 is 30.1 Å². The molecule has 2 aromatic rings. The van der Waals surface area contributed by atoms with Gasteiger partial charge in [-0.1, -0.05) is 24.3 Å². The molecule has 0 spiro atoms. The van der Waals surface area contributed by atoms with Gasteiger partial charge in [0.05, 0.1) is 24.6 Å². The van der Waals surface area contributed by atoms with E-state index in [1.165, 1.54) is 12.1 Å². The van der Waals surface area contributed by atoms with E-state index in [2.05, 4.69) is 0 Å². The van der Waals surface area contributed by atoms with Crippen LogP contribution >= 0.6 is 0 Å². The fourth-order valence-corrected chi connectivity index (χ4v) is 5.13. The Bertz CT molecular complexity index is 1100. The lowest BCUT2D eigenvalue weighted by Crippen LogP contribution is -2.42. The van der Waals surface area contributed by atoms with Crippen LogP contribution in [0.1, 0.15) is 36.4 Å². The van der Waals surface area contributed by atoms with E-state index >= 15 is 0 Å². The van der Waals surface area contributed by atoms with Gasteiger partial charge >= 0.3 is 0 Å². The Hall–Kier alpha value is -3.22. The summed E-state index contributed by atoms with van der Waals surface area (Å²) in [7, 11) is 1.60. The van der Waals surface area contributed by atoms with Gasteiger partial charge in [-0.15, -0.1) is 0 Å². The van der Waals surface area contributed by atoms with E-state index in [0.29, 0.717) is 31.4 Å². The van der Waals surface area contributed by atoms with E-state index in [1.54, 1.807) is 24.1 Å². The summed E-state index contributed by atoms with van der Waals surface area (Å²) in [5.74, 6) is -0.751. The van der Waals surface area contributed by atoms with Crippen molar-refractivity contribution >= 4 is 11.7 Å². The number of fused-ring (bicyclic) bond motifs is 1. The smallest absolute Gasteiger partial charge is 0.290 e. The first kappa shape index (κ1) is 21.6. The summed E-state index contributed by atoms with van der Waals surface area (Å²) in [4.78, 5) is 28.5. The second-order valence-electron chi connectivity index (χ2n) is 8.83. The SMILES string of the molecule is COc1ccc(CCN2C(=O)C3=C(C(=O)C4CC(F)CCC4O3)C2c2ccc(F)cc2)cc1. The van der Waals surface area contributed by atoms with Crippen LogP contribution in [-0.2, 0) is 20.7 Å². The predicted octanol–water partition coefficient (Wildman–Crippen LogP) is 4.32. The number of methoxy groups -OCH3 is 1. The molecule has 0 N–H and O–H groups in total. The Balaban J connectivity index is 1.47. The fourth-order valence-electron chi connectivity index (χ4n) is 5.13. The molecule has 2 aromatic carbocycles. The number of nitrogens with zero attached hydrogens (tertiary/aromatic N) is 1. The van der Waals surface area contributed by atoms with Crippen LogP contribution in [0.4, 0.5) is 8.78 Å². The van der Waals surface area contributed by atoms with Crippen LogP contribution in [0.5, 0.6) is 5.75 Å². The number of amides is 1. The number of ether oxygens (including phenoxy) is 2. The van der Waals surface area contributed by atoms with Gasteiger partial charge in [0, 0.05) is 6.54 Å². The number of carbonyl (C=O) groups is 2. The van der Waals surface area contributed by atoms with Crippen LogP contribution in [0.2, 0.25) is 0 Å². The summed E-state index contributed by atoms with van der Waals surface area (Å²) in [5, 5.41) is 0. The highest BCUT2D eigenvalue weighted by molar-refractivity contribution is 6.11. The van der Waals surface area contributed by atoms with E-state index in [4.69, 9.17) is 9.47 Å². The zero-order valence-corrected chi connectivity index (χ0v) is 18.3. The number of rotatable bonds is 5. The van der Waals surface area contributed by atoms with Crippen molar-refractivity contribution in [3.63, 3.8) is 0 Å². The molecule has 33 heavy (non-hydrogen) atoms. The van der Waals surface area contributed by atoms with Gasteiger partial charge in [-0.25, -0.2) is 8.78 Å². The number of halogens is 2. The summed E-state index contributed by atoms with van der Waals surface area (Å²) in [5.41, 5.74) is 1.91. The van der Waals surface area contributed by atoms with Crippen molar-refractivity contribution in [1.29, 1.82) is 0 Å². The molecule has 1 amide bonds. The van der Waals surface area contributed by atoms with Crippen LogP contribution in [0.25, 0.3) is 0 Å². The number of carbonyl (C=O) groups excluding carboxylic acids is 2. The maximum atomic E-state index is 14.1. The quantitative estimate of drug-likeness (QED) is 0.677. The molecule has 4 unspecified atom stereocenters. The van der Waals surface area contributed by atoms with Crippen molar-refractivity contribution in [2.75, 3.05) is 13.7 Å². The van der Waals surface area contributed by atoms with Crippen molar-refractivity contribution in [2.24, 2.45) is 5.92 Å².